The lowest BCUT2D eigenvalue weighted by Crippen LogP contribution is -1.95. The van der Waals surface area contributed by atoms with Crippen LogP contribution in [0.5, 0.6) is 0 Å². The van der Waals surface area contributed by atoms with Crippen molar-refractivity contribution in [3.8, 4) is 44.5 Å². The van der Waals surface area contributed by atoms with Gasteiger partial charge in [0.2, 0.25) is 0 Å². The topological polar surface area (TPSA) is 26.3 Å². The van der Waals surface area contributed by atoms with Crippen molar-refractivity contribution < 1.29 is 8.83 Å². The Kier molecular flexibility index (Phi) is 6.71. The lowest BCUT2D eigenvalue weighted by atomic mass is 9.81. The number of furan rings is 2. The molecule has 0 fully saturated rings. The number of rotatable bonds is 4. The van der Waals surface area contributed by atoms with Crippen molar-refractivity contribution in [1.82, 2.24) is 0 Å². The van der Waals surface area contributed by atoms with Crippen LogP contribution in [-0.2, 0) is 0 Å². The Bertz CT molecular complexity index is 4400. The molecule has 0 saturated heterocycles. The minimum absolute atomic E-state index is 0.882. The van der Waals surface area contributed by atoms with Crippen LogP contribution in [0.15, 0.2) is 215 Å². The van der Waals surface area contributed by atoms with Crippen LogP contribution < -0.4 is 0 Å². The van der Waals surface area contributed by atoms with Crippen molar-refractivity contribution in [2.24, 2.45) is 0 Å². The summed E-state index contributed by atoms with van der Waals surface area (Å²) in [6, 6.07) is 76.2. The van der Waals surface area contributed by atoms with E-state index in [1.807, 2.05) is 12.1 Å². The van der Waals surface area contributed by atoms with Gasteiger partial charge in [0, 0.05) is 21.5 Å². The molecule has 0 amide bonds. The SMILES string of the molecule is c1cc2ccc3ccc(-c4cc(-c5ccc6oc7ccccc7c6c5)c(-c5ccc6oc7ccccc7c6c5)c(-c5ccc6ccc7cccc8ccc5c6c78)c4)c4ccc(c1)c2c34. The van der Waals surface area contributed by atoms with Gasteiger partial charge in [-0.1, -0.05) is 158 Å². The first-order chi connectivity index (χ1) is 31.7. The second-order valence-electron chi connectivity index (χ2n) is 17.5. The molecular weight excluding hydrogens is 777 g/mol. The van der Waals surface area contributed by atoms with Gasteiger partial charge in [0.25, 0.3) is 0 Å². The van der Waals surface area contributed by atoms with Crippen molar-refractivity contribution in [3.05, 3.63) is 206 Å². The predicted molar refractivity (Wildman–Crippen MR) is 270 cm³/mol. The molecule has 2 heterocycles. The van der Waals surface area contributed by atoms with E-state index in [2.05, 4.69) is 194 Å². The zero-order chi connectivity index (χ0) is 41.6. The van der Waals surface area contributed by atoms with Crippen LogP contribution in [0.2, 0.25) is 0 Å². The minimum atomic E-state index is 0.882. The van der Waals surface area contributed by atoms with Crippen molar-refractivity contribution in [1.29, 1.82) is 0 Å². The van der Waals surface area contributed by atoms with Gasteiger partial charge in [-0.15, -0.1) is 0 Å². The van der Waals surface area contributed by atoms with Crippen LogP contribution in [0.3, 0.4) is 0 Å². The largest absolute Gasteiger partial charge is 0.456 e. The molecule has 2 aromatic heterocycles. The van der Waals surface area contributed by atoms with Crippen LogP contribution >= 0.6 is 0 Å². The number of hydrogen-bond donors (Lipinski definition) is 0. The monoisotopic (exact) mass is 810 g/mol. The van der Waals surface area contributed by atoms with Crippen LogP contribution in [0, 0.1) is 0 Å². The fourth-order valence-electron chi connectivity index (χ4n) is 11.3. The summed E-state index contributed by atoms with van der Waals surface area (Å²) in [5, 5.41) is 19.7. The Balaban J connectivity index is 1.11. The number of fused-ring (bicyclic) bond motifs is 6. The van der Waals surface area contributed by atoms with E-state index < -0.39 is 0 Å². The first-order valence-corrected chi connectivity index (χ1v) is 22.1. The molecule has 15 rings (SSSR count). The number of hydrogen-bond acceptors (Lipinski definition) is 2. The minimum Gasteiger partial charge on any atom is -0.456 e. The van der Waals surface area contributed by atoms with Gasteiger partial charge in [0.05, 0.1) is 0 Å². The normalized spacial score (nSPS) is 12.4. The molecule has 0 aliphatic heterocycles. The highest BCUT2D eigenvalue weighted by Crippen LogP contribution is 2.50. The maximum absolute atomic E-state index is 6.43. The highest BCUT2D eigenvalue weighted by atomic mass is 16.3. The molecular formula is C62H34O2. The van der Waals surface area contributed by atoms with Crippen molar-refractivity contribution in [2.75, 3.05) is 0 Å². The molecule has 13 aromatic carbocycles. The van der Waals surface area contributed by atoms with E-state index in [1.54, 1.807) is 0 Å². The molecule has 0 bridgehead atoms. The molecule has 15 aromatic rings. The predicted octanol–water partition coefficient (Wildman–Crippen LogP) is 17.9. The highest BCUT2D eigenvalue weighted by Gasteiger charge is 2.23. The molecule has 0 unspecified atom stereocenters. The standard InChI is InChI=1S/C62H34O2/c1-3-13-54-46(11-1)51-31-41(23-29-56(51)63-54)50-33-43(44-25-19-39-17-15-35-7-5-9-37-21-27-48(44)61(39)58(35)37)34-53(60(50)42-24-30-57-52(32-42)47-12-2-4-14-55(47)64-57)45-26-20-40-18-16-36-8-6-10-38-22-28-49(45)62(40)59(36)38/h1-34H. The van der Waals surface area contributed by atoms with E-state index in [0.29, 0.717) is 0 Å². The fraction of sp³-hybridized carbons (Fsp3) is 0. The third-order valence-electron chi connectivity index (χ3n) is 14.1. The average Bonchev–Trinajstić information content (AvgIpc) is 3.92. The van der Waals surface area contributed by atoms with E-state index in [4.69, 9.17) is 8.83 Å². The summed E-state index contributed by atoms with van der Waals surface area (Å²) >= 11 is 0. The molecule has 64 heavy (non-hydrogen) atoms. The van der Waals surface area contributed by atoms with E-state index in [0.717, 1.165) is 60.6 Å². The Morgan fingerprint density at radius 1 is 0.219 bits per heavy atom. The molecule has 0 N–H and O–H groups in total. The van der Waals surface area contributed by atoms with Gasteiger partial charge in [-0.25, -0.2) is 0 Å². The lowest BCUT2D eigenvalue weighted by Gasteiger charge is -2.22. The third-order valence-corrected chi connectivity index (χ3v) is 14.1. The molecule has 0 saturated carbocycles. The first kappa shape index (κ1) is 34.2. The number of benzene rings is 13. The highest BCUT2D eigenvalue weighted by molar-refractivity contribution is 6.28. The summed E-state index contributed by atoms with van der Waals surface area (Å²) in [5.74, 6) is 0. The number of para-hydroxylation sites is 2. The molecule has 0 atom stereocenters. The second kappa shape index (κ2) is 12.6. The van der Waals surface area contributed by atoms with Crippen LogP contribution in [0.4, 0.5) is 0 Å². The van der Waals surface area contributed by atoms with Crippen molar-refractivity contribution in [2.45, 2.75) is 0 Å². The van der Waals surface area contributed by atoms with Gasteiger partial charge in [-0.05, 0) is 158 Å². The smallest absolute Gasteiger partial charge is 0.135 e. The molecule has 2 heteroatoms. The molecule has 2 nitrogen and oxygen atoms in total. The second-order valence-corrected chi connectivity index (χ2v) is 17.5. The fourth-order valence-corrected chi connectivity index (χ4v) is 11.3. The maximum atomic E-state index is 6.43. The summed E-state index contributed by atoms with van der Waals surface area (Å²) in [6.07, 6.45) is 0. The molecule has 294 valence electrons. The summed E-state index contributed by atoms with van der Waals surface area (Å²) in [5.41, 5.74) is 12.9. The Labute approximate surface area is 366 Å². The quantitative estimate of drug-likeness (QED) is 0.166. The maximum Gasteiger partial charge on any atom is 0.135 e. The summed E-state index contributed by atoms with van der Waals surface area (Å²) in [4.78, 5) is 0. The van der Waals surface area contributed by atoms with Crippen molar-refractivity contribution >= 4 is 109 Å². The van der Waals surface area contributed by atoms with E-state index >= 15 is 0 Å². The summed E-state index contributed by atoms with van der Waals surface area (Å²) in [7, 11) is 0. The molecule has 0 radical (unpaired) electrons. The molecule has 0 spiro atoms. The van der Waals surface area contributed by atoms with Gasteiger partial charge in [0.15, 0.2) is 0 Å². The van der Waals surface area contributed by atoms with Crippen LogP contribution in [-0.4, -0.2) is 0 Å². The van der Waals surface area contributed by atoms with Gasteiger partial charge >= 0.3 is 0 Å². The van der Waals surface area contributed by atoms with Crippen LogP contribution in [0.25, 0.3) is 153 Å². The van der Waals surface area contributed by atoms with E-state index in [-0.39, 0.29) is 0 Å². The zero-order valence-corrected chi connectivity index (χ0v) is 34.4. The van der Waals surface area contributed by atoms with Crippen molar-refractivity contribution in [3.63, 3.8) is 0 Å². The Morgan fingerprint density at radius 2 is 0.656 bits per heavy atom. The third kappa shape index (κ3) is 4.69. The van der Waals surface area contributed by atoms with Gasteiger partial charge in [-0.3, -0.25) is 0 Å². The summed E-state index contributed by atoms with van der Waals surface area (Å²) < 4.78 is 12.9. The lowest BCUT2D eigenvalue weighted by molar-refractivity contribution is 0.668. The van der Waals surface area contributed by atoms with Crippen LogP contribution in [0.1, 0.15) is 0 Å². The Hall–Kier alpha value is -8.46. The van der Waals surface area contributed by atoms with E-state index in [1.165, 1.54) is 92.5 Å². The van der Waals surface area contributed by atoms with Gasteiger partial charge < -0.3 is 8.83 Å². The first-order valence-electron chi connectivity index (χ1n) is 22.1. The van der Waals surface area contributed by atoms with Gasteiger partial charge in [0.1, 0.15) is 22.3 Å². The Morgan fingerprint density at radius 3 is 1.25 bits per heavy atom. The molecule has 0 aliphatic carbocycles. The summed E-state index contributed by atoms with van der Waals surface area (Å²) in [6.45, 7) is 0. The average molecular weight is 811 g/mol. The zero-order valence-electron chi connectivity index (χ0n) is 34.4. The van der Waals surface area contributed by atoms with Gasteiger partial charge in [-0.2, -0.15) is 0 Å². The van der Waals surface area contributed by atoms with E-state index in [9.17, 15) is 0 Å². The molecule has 0 aliphatic rings.